The summed E-state index contributed by atoms with van der Waals surface area (Å²) in [4.78, 5) is 18.8. The standard InChI is InChI=1S/C13H12ClFN4O5S/c1-23-10-9(15)11(24-2)17-12(16-10)18-13(20)19-25(21,22)8-6-4-3-5-7(8)14/h3-6H,1-2H3,(H2,16,17,18,19,20). The number of benzene rings is 1. The highest BCUT2D eigenvalue weighted by Gasteiger charge is 2.22. The van der Waals surface area contributed by atoms with Gasteiger partial charge in [0, 0.05) is 0 Å². The lowest BCUT2D eigenvalue weighted by Gasteiger charge is -2.10. The maximum atomic E-state index is 13.7. The highest BCUT2D eigenvalue weighted by atomic mass is 35.5. The lowest BCUT2D eigenvalue weighted by atomic mass is 10.4. The number of carbonyl (C=O) groups is 1. The van der Waals surface area contributed by atoms with Crippen molar-refractivity contribution in [1.29, 1.82) is 0 Å². The van der Waals surface area contributed by atoms with Gasteiger partial charge in [-0.3, -0.25) is 5.32 Å². The molecule has 12 heteroatoms. The summed E-state index contributed by atoms with van der Waals surface area (Å²) in [5, 5.41) is 1.98. The van der Waals surface area contributed by atoms with Crippen LogP contribution in [-0.4, -0.2) is 38.6 Å². The van der Waals surface area contributed by atoms with Gasteiger partial charge in [-0.15, -0.1) is 0 Å². The molecule has 2 aromatic rings. The fourth-order valence-electron chi connectivity index (χ4n) is 1.70. The Morgan fingerprint density at radius 2 is 1.72 bits per heavy atom. The first kappa shape index (κ1) is 18.7. The summed E-state index contributed by atoms with van der Waals surface area (Å²) >= 11 is 5.80. The van der Waals surface area contributed by atoms with Crippen LogP contribution < -0.4 is 19.5 Å². The molecule has 0 fully saturated rings. The van der Waals surface area contributed by atoms with Gasteiger partial charge in [0.15, 0.2) is 0 Å². The Morgan fingerprint density at radius 3 is 2.24 bits per heavy atom. The van der Waals surface area contributed by atoms with E-state index in [1.807, 2.05) is 5.32 Å². The van der Waals surface area contributed by atoms with E-state index < -0.39 is 39.6 Å². The number of carbonyl (C=O) groups excluding carboxylic acids is 1. The summed E-state index contributed by atoms with van der Waals surface area (Å²) in [6.07, 6.45) is 0. The van der Waals surface area contributed by atoms with Gasteiger partial charge >= 0.3 is 6.03 Å². The molecule has 0 aliphatic carbocycles. The van der Waals surface area contributed by atoms with Gasteiger partial charge in [-0.25, -0.2) is 17.9 Å². The van der Waals surface area contributed by atoms with Crippen LogP contribution in [0.4, 0.5) is 15.1 Å². The second kappa shape index (κ2) is 7.49. The molecule has 1 aromatic carbocycles. The van der Waals surface area contributed by atoms with Gasteiger partial charge in [0.25, 0.3) is 21.8 Å². The predicted octanol–water partition coefficient (Wildman–Crippen LogP) is 1.80. The molecule has 0 radical (unpaired) electrons. The number of aromatic nitrogens is 2. The molecule has 2 N–H and O–H groups in total. The second-order valence-electron chi connectivity index (χ2n) is 4.37. The van der Waals surface area contributed by atoms with E-state index in [0.717, 1.165) is 14.2 Å². The zero-order valence-corrected chi connectivity index (χ0v) is 14.5. The number of nitrogens with one attached hydrogen (secondary N) is 2. The normalized spacial score (nSPS) is 10.9. The van der Waals surface area contributed by atoms with Crippen LogP contribution in [0.25, 0.3) is 0 Å². The molecule has 1 aromatic heterocycles. The lowest BCUT2D eigenvalue weighted by molar-refractivity contribution is 0.256. The quantitative estimate of drug-likeness (QED) is 0.798. The van der Waals surface area contributed by atoms with E-state index in [2.05, 4.69) is 19.4 Å². The van der Waals surface area contributed by atoms with Gasteiger partial charge in [0.2, 0.25) is 11.8 Å². The highest BCUT2D eigenvalue weighted by Crippen LogP contribution is 2.24. The van der Waals surface area contributed by atoms with Gasteiger partial charge in [-0.05, 0) is 12.1 Å². The number of nitrogens with zero attached hydrogens (tertiary/aromatic N) is 2. The molecule has 0 aliphatic rings. The molecule has 25 heavy (non-hydrogen) atoms. The summed E-state index contributed by atoms with van der Waals surface area (Å²) in [5.41, 5.74) is 0. The van der Waals surface area contributed by atoms with Gasteiger partial charge in [-0.2, -0.15) is 14.4 Å². The molecule has 2 amide bonds. The van der Waals surface area contributed by atoms with Crippen LogP contribution in [0, 0.1) is 5.82 Å². The Morgan fingerprint density at radius 1 is 1.16 bits per heavy atom. The number of sulfonamides is 1. The number of methoxy groups -OCH3 is 2. The minimum absolute atomic E-state index is 0.0656. The fourth-order valence-corrected chi connectivity index (χ4v) is 3.13. The topological polar surface area (TPSA) is 120 Å². The van der Waals surface area contributed by atoms with E-state index in [1.165, 1.54) is 24.3 Å². The average molecular weight is 391 g/mol. The number of hydrogen-bond donors (Lipinski definition) is 2. The molecule has 1 heterocycles. The van der Waals surface area contributed by atoms with Gasteiger partial charge in [-0.1, -0.05) is 23.7 Å². The molecule has 0 spiro atoms. The third-order valence-electron chi connectivity index (χ3n) is 2.76. The van der Waals surface area contributed by atoms with Crippen molar-refractivity contribution in [3.05, 3.63) is 35.1 Å². The largest absolute Gasteiger partial charge is 0.479 e. The maximum Gasteiger partial charge on any atom is 0.335 e. The third kappa shape index (κ3) is 4.25. The van der Waals surface area contributed by atoms with E-state index in [0.29, 0.717) is 0 Å². The Kier molecular flexibility index (Phi) is 5.59. The van der Waals surface area contributed by atoms with Crippen molar-refractivity contribution in [3.63, 3.8) is 0 Å². The number of urea groups is 1. The molecular formula is C13H12ClFN4O5S. The van der Waals surface area contributed by atoms with Crippen molar-refractivity contribution in [2.75, 3.05) is 19.5 Å². The number of ether oxygens (including phenoxy) is 2. The van der Waals surface area contributed by atoms with E-state index in [-0.39, 0.29) is 9.92 Å². The minimum atomic E-state index is -4.24. The molecule has 0 bridgehead atoms. The van der Waals surface area contributed by atoms with E-state index in [1.54, 1.807) is 4.72 Å². The van der Waals surface area contributed by atoms with Crippen LogP contribution in [0.1, 0.15) is 0 Å². The van der Waals surface area contributed by atoms with Crippen LogP contribution in [0.15, 0.2) is 29.2 Å². The molecule has 9 nitrogen and oxygen atoms in total. The Labute approximate surface area is 147 Å². The van der Waals surface area contributed by atoms with Crippen molar-refractivity contribution in [2.24, 2.45) is 0 Å². The first-order valence-electron chi connectivity index (χ1n) is 6.52. The van der Waals surface area contributed by atoms with E-state index in [9.17, 15) is 17.6 Å². The fraction of sp³-hybridized carbons (Fsp3) is 0.154. The summed E-state index contributed by atoms with van der Waals surface area (Å²) in [6, 6.07) is 4.37. The number of hydrogen-bond acceptors (Lipinski definition) is 7. The molecule has 134 valence electrons. The first-order valence-corrected chi connectivity index (χ1v) is 8.38. The monoisotopic (exact) mass is 390 g/mol. The average Bonchev–Trinajstić information content (AvgIpc) is 2.55. The zero-order chi connectivity index (χ0) is 18.6. The molecule has 0 saturated heterocycles. The summed E-state index contributed by atoms with van der Waals surface area (Å²) in [7, 11) is -1.94. The molecule has 0 atom stereocenters. The Bertz CT molecular complexity index is 884. The number of anilines is 1. The first-order chi connectivity index (χ1) is 11.8. The van der Waals surface area contributed by atoms with Gasteiger partial charge in [0.05, 0.1) is 19.2 Å². The van der Waals surface area contributed by atoms with Crippen molar-refractivity contribution in [2.45, 2.75) is 4.90 Å². The van der Waals surface area contributed by atoms with Crippen molar-refractivity contribution < 1.29 is 27.1 Å². The van der Waals surface area contributed by atoms with E-state index >= 15 is 0 Å². The van der Waals surface area contributed by atoms with Crippen molar-refractivity contribution in [3.8, 4) is 11.8 Å². The van der Waals surface area contributed by atoms with Crippen molar-refractivity contribution >= 4 is 33.6 Å². The van der Waals surface area contributed by atoms with Crippen LogP contribution in [0.5, 0.6) is 11.8 Å². The van der Waals surface area contributed by atoms with Gasteiger partial charge < -0.3 is 9.47 Å². The predicted molar refractivity (Wildman–Crippen MR) is 85.9 cm³/mol. The number of halogens is 2. The van der Waals surface area contributed by atoms with Crippen LogP contribution >= 0.6 is 11.6 Å². The van der Waals surface area contributed by atoms with Crippen molar-refractivity contribution in [1.82, 2.24) is 14.7 Å². The smallest absolute Gasteiger partial charge is 0.335 e. The molecular weight excluding hydrogens is 379 g/mol. The van der Waals surface area contributed by atoms with Gasteiger partial charge in [0.1, 0.15) is 4.90 Å². The highest BCUT2D eigenvalue weighted by molar-refractivity contribution is 7.90. The molecule has 0 unspecified atom stereocenters. The zero-order valence-electron chi connectivity index (χ0n) is 12.9. The SMILES string of the molecule is COc1nc(NC(=O)NS(=O)(=O)c2ccccc2Cl)nc(OC)c1F. The van der Waals surface area contributed by atoms with Crippen LogP contribution in [-0.2, 0) is 10.0 Å². The Balaban J connectivity index is 2.22. The summed E-state index contributed by atoms with van der Waals surface area (Å²) in [6.45, 7) is 0. The molecule has 0 aliphatic heterocycles. The lowest BCUT2D eigenvalue weighted by Crippen LogP contribution is -2.35. The Hall–Kier alpha value is -2.66. The maximum absolute atomic E-state index is 13.7. The second-order valence-corrected chi connectivity index (χ2v) is 6.43. The van der Waals surface area contributed by atoms with Crippen LogP contribution in [0.3, 0.4) is 0 Å². The summed E-state index contributed by atoms with van der Waals surface area (Å²) in [5.74, 6) is -2.38. The number of amides is 2. The summed E-state index contributed by atoms with van der Waals surface area (Å²) < 4.78 is 49.1. The molecule has 2 rings (SSSR count). The molecule has 0 saturated carbocycles. The third-order valence-corrected chi connectivity index (χ3v) is 4.59. The number of rotatable bonds is 5. The van der Waals surface area contributed by atoms with Crippen LogP contribution in [0.2, 0.25) is 5.02 Å². The minimum Gasteiger partial charge on any atom is -0.479 e. The van der Waals surface area contributed by atoms with E-state index in [4.69, 9.17) is 11.6 Å².